The Morgan fingerprint density at radius 3 is 2.69 bits per heavy atom. The van der Waals surface area contributed by atoms with Crippen molar-refractivity contribution < 1.29 is 9.53 Å². The van der Waals surface area contributed by atoms with E-state index in [9.17, 15) is 4.79 Å². The van der Waals surface area contributed by atoms with E-state index in [2.05, 4.69) is 44.1 Å². The van der Waals surface area contributed by atoms with Gasteiger partial charge in [0.25, 0.3) is 0 Å². The largest absolute Gasteiger partial charge is 0.362 e. The second-order valence-electron chi connectivity index (χ2n) is 10.2. The van der Waals surface area contributed by atoms with Gasteiger partial charge in [0.2, 0.25) is 11.1 Å². The van der Waals surface area contributed by atoms with E-state index in [-0.39, 0.29) is 11.7 Å². The summed E-state index contributed by atoms with van der Waals surface area (Å²) in [6.45, 7) is 5.31. The van der Waals surface area contributed by atoms with Crippen molar-refractivity contribution in [2.75, 3.05) is 24.2 Å². The van der Waals surface area contributed by atoms with Crippen molar-refractivity contribution in [3.8, 4) is 17.5 Å². The summed E-state index contributed by atoms with van der Waals surface area (Å²) < 4.78 is 7.45. The highest BCUT2D eigenvalue weighted by molar-refractivity contribution is 7.99. The highest BCUT2D eigenvalue weighted by Gasteiger charge is 2.25. The van der Waals surface area contributed by atoms with Crippen LogP contribution in [0.3, 0.4) is 0 Å². The van der Waals surface area contributed by atoms with Crippen molar-refractivity contribution >= 4 is 46.6 Å². The summed E-state index contributed by atoms with van der Waals surface area (Å²) >= 11 is 14.2. The molecular weight excluding hydrogens is 555 g/mol. The van der Waals surface area contributed by atoms with Gasteiger partial charge in [-0.15, -0.1) is 5.10 Å². The monoisotopic (exact) mass is 584 g/mol. The summed E-state index contributed by atoms with van der Waals surface area (Å²) in [4.78, 5) is 12.7. The molecule has 0 radical (unpaired) electrons. The standard InChI is InChI=1S/C28H30Cl2N6O2S/c1-28(2,38-14-13-31-21-7-8-21)12-11-18-3-9-24(22(29)15-18)32-26(37)17-39-27-33-34-35-36(27)25-10-6-20(16-23(25)30)19-4-5-19/h3,6,9-10,15-16,19,21,31H,4-5,7-8,13-14,17H2,1-2H3,(H,32,37). The fraction of sp³-hybridized carbons (Fsp3) is 0.429. The van der Waals surface area contributed by atoms with Crippen molar-refractivity contribution in [2.24, 2.45) is 0 Å². The smallest absolute Gasteiger partial charge is 0.234 e. The molecule has 0 bridgehead atoms. The van der Waals surface area contributed by atoms with E-state index in [0.717, 1.165) is 12.1 Å². The zero-order valence-corrected chi connectivity index (χ0v) is 24.2. The Morgan fingerprint density at radius 2 is 1.97 bits per heavy atom. The number of aromatic nitrogens is 4. The number of carbonyl (C=O) groups is 1. The Hall–Kier alpha value is -2.61. The second-order valence-corrected chi connectivity index (χ2v) is 12.0. The lowest BCUT2D eigenvalue weighted by Gasteiger charge is -2.19. The molecule has 0 unspecified atom stereocenters. The maximum Gasteiger partial charge on any atom is 0.234 e. The second kappa shape index (κ2) is 12.3. The molecule has 0 saturated heterocycles. The van der Waals surface area contributed by atoms with Gasteiger partial charge in [-0.1, -0.05) is 52.9 Å². The molecular formula is C28H30Cl2N6O2S. The first-order chi connectivity index (χ1) is 18.8. The van der Waals surface area contributed by atoms with Crippen LogP contribution in [0.5, 0.6) is 0 Å². The topological polar surface area (TPSA) is 94.0 Å². The number of tetrazole rings is 1. The van der Waals surface area contributed by atoms with Gasteiger partial charge in [-0.25, -0.2) is 0 Å². The van der Waals surface area contributed by atoms with Crippen LogP contribution in [-0.2, 0) is 9.53 Å². The van der Waals surface area contributed by atoms with E-state index >= 15 is 0 Å². The van der Waals surface area contributed by atoms with Crippen LogP contribution in [-0.4, -0.2) is 56.7 Å². The molecule has 5 rings (SSSR count). The fourth-order valence-corrected chi connectivity index (χ4v) is 5.09. The molecule has 2 aromatic carbocycles. The average molecular weight is 586 g/mol. The Labute approximate surface area is 242 Å². The van der Waals surface area contributed by atoms with Crippen LogP contribution in [0.25, 0.3) is 5.69 Å². The highest BCUT2D eigenvalue weighted by Crippen LogP contribution is 2.41. The van der Waals surface area contributed by atoms with Crippen molar-refractivity contribution in [2.45, 2.75) is 62.2 Å². The van der Waals surface area contributed by atoms with Gasteiger partial charge < -0.3 is 15.4 Å². The van der Waals surface area contributed by atoms with Gasteiger partial charge >= 0.3 is 0 Å². The van der Waals surface area contributed by atoms with Gasteiger partial charge in [0.1, 0.15) is 5.60 Å². The molecule has 204 valence electrons. The molecule has 2 fully saturated rings. The number of nitrogens with one attached hydrogen (secondary N) is 2. The summed E-state index contributed by atoms with van der Waals surface area (Å²) in [6, 6.07) is 11.9. The number of rotatable bonds is 11. The number of hydrogen-bond donors (Lipinski definition) is 2. The van der Waals surface area contributed by atoms with Crippen LogP contribution < -0.4 is 10.6 Å². The predicted molar refractivity (Wildman–Crippen MR) is 155 cm³/mol. The quantitative estimate of drug-likeness (QED) is 0.175. The van der Waals surface area contributed by atoms with Crippen LogP contribution in [0.2, 0.25) is 10.0 Å². The SMILES string of the molecule is CC(C)(C#Cc1ccc(NC(=O)CSc2nnnn2-c2ccc(C3CC3)cc2Cl)c(Cl)c1)OCCNC1CC1. The highest BCUT2D eigenvalue weighted by atomic mass is 35.5. The van der Waals surface area contributed by atoms with E-state index < -0.39 is 5.60 Å². The van der Waals surface area contributed by atoms with Gasteiger partial charge in [-0.2, -0.15) is 4.68 Å². The number of nitrogens with zero attached hydrogens (tertiary/aromatic N) is 4. The molecule has 0 aliphatic heterocycles. The molecule has 3 aromatic rings. The van der Waals surface area contributed by atoms with E-state index in [1.165, 1.54) is 43.0 Å². The summed E-state index contributed by atoms with van der Waals surface area (Å²) in [5, 5.41) is 19.6. The van der Waals surface area contributed by atoms with Crippen LogP contribution in [0.4, 0.5) is 5.69 Å². The van der Waals surface area contributed by atoms with Crippen LogP contribution in [0, 0.1) is 11.8 Å². The zero-order chi connectivity index (χ0) is 27.4. The number of hydrogen-bond acceptors (Lipinski definition) is 7. The Bertz CT molecular complexity index is 1410. The predicted octanol–water partition coefficient (Wildman–Crippen LogP) is 5.48. The first kappa shape index (κ1) is 27.9. The number of ether oxygens (including phenoxy) is 1. The Balaban J connectivity index is 1.14. The molecule has 8 nitrogen and oxygen atoms in total. The third kappa shape index (κ3) is 7.96. The van der Waals surface area contributed by atoms with Gasteiger partial charge in [0.05, 0.1) is 33.8 Å². The Morgan fingerprint density at radius 1 is 1.15 bits per heavy atom. The van der Waals surface area contributed by atoms with E-state index in [4.69, 9.17) is 27.9 Å². The number of amides is 1. The summed E-state index contributed by atoms with van der Waals surface area (Å²) in [6.07, 6.45) is 4.90. The molecule has 1 aromatic heterocycles. The van der Waals surface area contributed by atoms with E-state index in [1.54, 1.807) is 16.8 Å². The molecule has 0 atom stereocenters. The first-order valence-electron chi connectivity index (χ1n) is 13.0. The molecule has 1 amide bonds. The molecule has 0 spiro atoms. The third-order valence-electron chi connectivity index (χ3n) is 6.35. The molecule has 39 heavy (non-hydrogen) atoms. The van der Waals surface area contributed by atoms with Gasteiger partial charge in [-0.05, 0) is 91.8 Å². The van der Waals surface area contributed by atoms with E-state index in [0.29, 0.717) is 45.1 Å². The molecule has 11 heteroatoms. The summed E-state index contributed by atoms with van der Waals surface area (Å²) in [5.41, 5.74) is 2.57. The van der Waals surface area contributed by atoms with E-state index in [1.807, 2.05) is 32.0 Å². The van der Waals surface area contributed by atoms with Crippen molar-refractivity contribution in [1.82, 2.24) is 25.5 Å². The fourth-order valence-electron chi connectivity index (χ4n) is 3.91. The van der Waals surface area contributed by atoms with Gasteiger partial charge in [-0.3, -0.25) is 4.79 Å². The minimum absolute atomic E-state index is 0.0944. The summed E-state index contributed by atoms with van der Waals surface area (Å²) in [5.74, 6) is 6.73. The molecule has 2 N–H and O–H groups in total. The van der Waals surface area contributed by atoms with Gasteiger partial charge in [0, 0.05) is 18.2 Å². The average Bonchev–Trinajstić information content (AvgIpc) is 3.84. The normalized spacial score (nSPS) is 15.1. The van der Waals surface area contributed by atoms with Crippen LogP contribution >= 0.6 is 35.0 Å². The first-order valence-corrected chi connectivity index (χ1v) is 14.7. The van der Waals surface area contributed by atoms with Gasteiger partial charge in [0.15, 0.2) is 0 Å². The van der Waals surface area contributed by atoms with Crippen LogP contribution in [0.1, 0.15) is 56.6 Å². The lowest BCUT2D eigenvalue weighted by atomic mass is 10.1. The maximum atomic E-state index is 12.7. The third-order valence-corrected chi connectivity index (χ3v) is 7.88. The lowest BCUT2D eigenvalue weighted by Crippen LogP contribution is -2.29. The number of halogens is 2. The number of anilines is 1. The number of thioether (sulfide) groups is 1. The molecule has 1 heterocycles. The minimum atomic E-state index is -0.583. The minimum Gasteiger partial charge on any atom is -0.362 e. The molecule has 2 aliphatic rings. The maximum absolute atomic E-state index is 12.7. The van der Waals surface area contributed by atoms with Crippen LogP contribution in [0.15, 0.2) is 41.6 Å². The van der Waals surface area contributed by atoms with Crippen molar-refractivity contribution in [3.63, 3.8) is 0 Å². The summed E-state index contributed by atoms with van der Waals surface area (Å²) in [7, 11) is 0. The lowest BCUT2D eigenvalue weighted by molar-refractivity contribution is -0.113. The number of benzene rings is 2. The van der Waals surface area contributed by atoms with Crippen molar-refractivity contribution in [3.05, 3.63) is 57.6 Å². The molecule has 2 saturated carbocycles. The number of carbonyl (C=O) groups excluding carboxylic acids is 1. The Kier molecular flexibility index (Phi) is 8.79. The zero-order valence-electron chi connectivity index (χ0n) is 21.8. The van der Waals surface area contributed by atoms with Crippen molar-refractivity contribution in [1.29, 1.82) is 0 Å². The molecule has 2 aliphatic carbocycles.